The molecular formula is C30H40Cl2N4NiO12+2. The third kappa shape index (κ3) is 22.1. The van der Waals surface area contributed by atoms with Crippen molar-refractivity contribution in [1.82, 2.24) is 9.97 Å². The van der Waals surface area contributed by atoms with Crippen LogP contribution < -0.4 is 37.3 Å². The van der Waals surface area contributed by atoms with Gasteiger partial charge >= 0.3 is 11.6 Å². The summed E-state index contributed by atoms with van der Waals surface area (Å²) in [5, 5.41) is 0. The van der Waals surface area contributed by atoms with Crippen LogP contribution in [-0.4, -0.2) is 30.6 Å². The average Bonchev–Trinajstić information content (AvgIpc) is 2.95. The van der Waals surface area contributed by atoms with Gasteiger partial charge in [-0.1, -0.05) is 70.5 Å². The van der Waals surface area contributed by atoms with Crippen LogP contribution in [0.15, 0.2) is 97.3 Å². The van der Waals surface area contributed by atoms with Gasteiger partial charge in [0, 0.05) is 39.8 Å². The van der Waals surface area contributed by atoms with Crippen LogP contribution in [-0.2, 0) is 27.4 Å². The molecule has 0 saturated heterocycles. The first-order valence-electron chi connectivity index (χ1n) is 13.2. The van der Waals surface area contributed by atoms with Gasteiger partial charge in [0.15, 0.2) is 0 Å². The van der Waals surface area contributed by atoms with E-state index in [1.807, 2.05) is 114 Å². The van der Waals surface area contributed by atoms with Gasteiger partial charge in [0.25, 0.3) is 0 Å². The second-order valence-electron chi connectivity index (χ2n) is 11.2. The smallest absolute Gasteiger partial charge is 0.361 e. The summed E-state index contributed by atoms with van der Waals surface area (Å²) in [6.07, 6.45) is 3.47. The minimum atomic E-state index is -4.94. The molecule has 19 heteroatoms. The SMILES string of the molecule is CC(C)(C)[N+](=O)c1ccc(-c2ccccc2)cn1.CC(C)(C)[N+](=O)c1ccc(-c2ccccc2)cn1.[Ni].[O-][Cl+3]([O-])([O-])[O-].[O-][Cl+3]([O-])([O-])[O-].[OH3+].[OH3+]. The van der Waals surface area contributed by atoms with Crippen molar-refractivity contribution in [1.29, 1.82) is 0 Å². The van der Waals surface area contributed by atoms with Crippen molar-refractivity contribution >= 4 is 11.6 Å². The van der Waals surface area contributed by atoms with Crippen LogP contribution in [0.5, 0.6) is 0 Å². The maximum absolute atomic E-state index is 12.0. The van der Waals surface area contributed by atoms with E-state index in [9.17, 15) is 9.81 Å². The molecule has 274 valence electrons. The van der Waals surface area contributed by atoms with Gasteiger partial charge < -0.3 is 11.0 Å². The Labute approximate surface area is 297 Å². The second-order valence-corrected chi connectivity index (χ2v) is 12.7. The Morgan fingerprint density at radius 1 is 0.469 bits per heavy atom. The van der Waals surface area contributed by atoms with Gasteiger partial charge in [0.05, 0.1) is 0 Å². The predicted molar refractivity (Wildman–Crippen MR) is 155 cm³/mol. The number of benzene rings is 2. The van der Waals surface area contributed by atoms with Gasteiger partial charge in [0.1, 0.15) is 23.5 Å². The Balaban J connectivity index is -0.000000648. The summed E-state index contributed by atoms with van der Waals surface area (Å²) < 4.78 is 69.8. The molecule has 0 atom stereocenters. The van der Waals surface area contributed by atoms with Crippen molar-refractivity contribution in [2.45, 2.75) is 52.6 Å². The maximum Gasteiger partial charge on any atom is 0.361 e. The number of halogens is 2. The summed E-state index contributed by atoms with van der Waals surface area (Å²) in [4.78, 5) is 32.4. The van der Waals surface area contributed by atoms with E-state index >= 15 is 0 Å². The summed E-state index contributed by atoms with van der Waals surface area (Å²) in [5.74, 6) is 0.893. The molecule has 0 aliphatic heterocycles. The van der Waals surface area contributed by atoms with Gasteiger partial charge in [-0.15, -0.1) is 20.5 Å². The standard InChI is InChI=1S/2C15H17N2O.2ClHO4.Ni.2H2O/c2*1-15(2,3)17(18)14-10-9-13(11-16-14)12-7-5-4-6-8-12;2*2-1(3,4)5;;;/h2*4-11H,1-3H3;2*(H,2,3,4,5);;2*1H2/q2*+1;;;;;. The molecule has 2 aromatic carbocycles. The summed E-state index contributed by atoms with van der Waals surface area (Å²) in [5.41, 5.74) is 3.29. The molecule has 2 heterocycles. The number of hydrogen-bond acceptors (Lipinski definition) is 12. The first kappa shape index (κ1) is 50.0. The number of rotatable bonds is 4. The Kier molecular flexibility index (Phi) is 22.1. The van der Waals surface area contributed by atoms with Crippen molar-refractivity contribution in [3.8, 4) is 22.3 Å². The van der Waals surface area contributed by atoms with Crippen molar-refractivity contribution in [3.05, 3.63) is 107 Å². The zero-order valence-electron chi connectivity index (χ0n) is 27.3. The van der Waals surface area contributed by atoms with E-state index in [2.05, 4.69) is 9.97 Å². The Hall–Kier alpha value is -3.39. The number of hydrogen-bond donors (Lipinski definition) is 0. The van der Waals surface area contributed by atoms with E-state index < -0.39 is 31.6 Å². The molecule has 0 saturated carbocycles. The van der Waals surface area contributed by atoms with E-state index in [4.69, 9.17) is 37.3 Å². The van der Waals surface area contributed by atoms with Gasteiger partial charge in [-0.3, -0.25) is 0 Å². The third-order valence-corrected chi connectivity index (χ3v) is 5.34. The molecule has 0 spiro atoms. The minimum Gasteiger partial charge on any atom is -0.457 e. The zero-order chi connectivity index (χ0) is 35.3. The predicted octanol–water partition coefficient (Wildman–Crippen LogP) is -3.44. The number of nitroso groups, excluding NO2 is 2. The molecular weight excluding hydrogens is 738 g/mol. The minimum absolute atomic E-state index is 0. The van der Waals surface area contributed by atoms with Crippen LogP contribution in [0.3, 0.4) is 0 Å². The number of pyridine rings is 2. The molecule has 0 unspecified atom stereocenters. The molecule has 6 N–H and O–H groups in total. The quantitative estimate of drug-likeness (QED) is 0.111. The molecule has 0 radical (unpaired) electrons. The summed E-state index contributed by atoms with van der Waals surface area (Å²) in [7, 11) is -9.89. The van der Waals surface area contributed by atoms with Crippen molar-refractivity contribution in [3.63, 3.8) is 0 Å². The maximum atomic E-state index is 12.0. The first-order chi connectivity index (χ1) is 21.0. The van der Waals surface area contributed by atoms with Crippen LogP contribution >= 0.6 is 0 Å². The Morgan fingerprint density at radius 2 is 0.714 bits per heavy atom. The molecule has 0 fully saturated rings. The Morgan fingerprint density at radius 3 is 0.898 bits per heavy atom. The normalized spacial score (nSPS) is 10.7. The van der Waals surface area contributed by atoms with E-state index in [1.165, 1.54) is 0 Å². The van der Waals surface area contributed by atoms with Crippen molar-refractivity contribution < 1.29 is 94.7 Å². The molecule has 0 aliphatic carbocycles. The molecule has 2 aromatic heterocycles. The third-order valence-electron chi connectivity index (χ3n) is 5.34. The Bertz CT molecular complexity index is 1380. The fraction of sp³-hybridized carbons (Fsp3) is 0.267. The average molecular weight is 778 g/mol. The second kappa shape index (κ2) is 21.6. The molecule has 0 bridgehead atoms. The fourth-order valence-corrected chi connectivity index (χ4v) is 3.30. The van der Waals surface area contributed by atoms with Crippen molar-refractivity contribution in [2.24, 2.45) is 0 Å². The van der Waals surface area contributed by atoms with E-state index in [0.717, 1.165) is 31.8 Å². The van der Waals surface area contributed by atoms with Crippen LogP contribution in [0.25, 0.3) is 22.3 Å². The van der Waals surface area contributed by atoms with Crippen LogP contribution in [0.4, 0.5) is 11.6 Å². The molecule has 49 heavy (non-hydrogen) atoms. The molecule has 4 aromatic rings. The topological polar surface area (TPSA) is 316 Å². The molecule has 4 rings (SSSR count). The summed E-state index contributed by atoms with van der Waals surface area (Å²) >= 11 is 0. The molecule has 0 amide bonds. The van der Waals surface area contributed by atoms with E-state index in [0.29, 0.717) is 11.6 Å². The number of aromatic nitrogens is 2. The summed E-state index contributed by atoms with van der Waals surface area (Å²) in [6, 6.07) is 27.4. The van der Waals surface area contributed by atoms with Crippen molar-refractivity contribution in [2.75, 3.05) is 0 Å². The van der Waals surface area contributed by atoms with Crippen LogP contribution in [0, 0.1) is 30.3 Å². The fourth-order valence-electron chi connectivity index (χ4n) is 3.30. The molecule has 0 aliphatic rings. The van der Waals surface area contributed by atoms with E-state index in [1.54, 1.807) is 24.5 Å². The van der Waals surface area contributed by atoms with Gasteiger partial charge in [-0.25, -0.2) is 37.3 Å². The molecule has 16 nitrogen and oxygen atoms in total. The zero-order valence-corrected chi connectivity index (χ0v) is 29.8. The monoisotopic (exact) mass is 776 g/mol. The van der Waals surface area contributed by atoms with Gasteiger partial charge in [-0.05, 0) is 84.3 Å². The number of nitrogens with zero attached hydrogens (tertiary/aromatic N) is 4. The van der Waals surface area contributed by atoms with Crippen LogP contribution in [0.2, 0.25) is 0 Å². The first-order valence-corrected chi connectivity index (χ1v) is 15.6. The van der Waals surface area contributed by atoms with E-state index in [-0.39, 0.29) is 27.4 Å². The summed E-state index contributed by atoms with van der Waals surface area (Å²) in [6.45, 7) is 11.2. The van der Waals surface area contributed by atoms with Gasteiger partial charge in [0.2, 0.25) is 0 Å². The van der Waals surface area contributed by atoms with Gasteiger partial charge in [-0.2, -0.15) is 0 Å². The van der Waals surface area contributed by atoms with Crippen LogP contribution in [0.1, 0.15) is 41.5 Å². The largest absolute Gasteiger partial charge is 0.457 e.